The second-order valence-electron chi connectivity index (χ2n) is 8.85. The molecular weight excluding hydrogens is 721 g/mol. The molecule has 0 atom stereocenters. The molecular formula is C29H17BrIN5O6. The number of furan rings is 1. The molecule has 3 aromatic heterocycles. The van der Waals surface area contributed by atoms with Gasteiger partial charge in [-0.1, -0.05) is 28.1 Å². The number of benzene rings is 3. The summed E-state index contributed by atoms with van der Waals surface area (Å²) in [4.78, 5) is 32.7. The van der Waals surface area contributed by atoms with Crippen LogP contribution in [0.1, 0.15) is 5.56 Å². The number of aromatic nitrogens is 3. The molecule has 42 heavy (non-hydrogen) atoms. The first-order chi connectivity index (χ1) is 20.3. The van der Waals surface area contributed by atoms with Crippen LogP contribution in [0.25, 0.3) is 33.5 Å². The van der Waals surface area contributed by atoms with Crippen molar-refractivity contribution in [3.8, 4) is 29.0 Å². The number of methoxy groups -OCH3 is 1. The highest BCUT2D eigenvalue weighted by molar-refractivity contribution is 14.1. The van der Waals surface area contributed by atoms with Crippen LogP contribution in [0.3, 0.4) is 0 Å². The molecule has 0 amide bonds. The Bertz CT molecular complexity index is 2090. The summed E-state index contributed by atoms with van der Waals surface area (Å²) in [5, 5.41) is 16.7. The van der Waals surface area contributed by atoms with Gasteiger partial charge >= 0.3 is 0 Å². The number of hydrogen-bond acceptors (Lipinski definition) is 9. The maximum absolute atomic E-state index is 13.6. The predicted octanol–water partition coefficient (Wildman–Crippen LogP) is 7.16. The van der Waals surface area contributed by atoms with Crippen LogP contribution in [0, 0.1) is 13.7 Å². The van der Waals surface area contributed by atoms with E-state index in [0.29, 0.717) is 42.9 Å². The number of ether oxygens (including phenoxy) is 2. The number of pyridine rings is 1. The van der Waals surface area contributed by atoms with E-state index in [4.69, 9.17) is 18.9 Å². The fourth-order valence-corrected chi connectivity index (χ4v) is 5.31. The van der Waals surface area contributed by atoms with Crippen LogP contribution in [-0.4, -0.2) is 32.9 Å². The molecule has 11 nitrogen and oxygen atoms in total. The number of nitrogens with zero attached hydrogens (tertiary/aromatic N) is 5. The van der Waals surface area contributed by atoms with Crippen LogP contribution in [0.15, 0.2) is 97.8 Å². The molecule has 208 valence electrons. The maximum atomic E-state index is 13.6. The summed E-state index contributed by atoms with van der Waals surface area (Å²) in [6.45, 7) is 0. The van der Waals surface area contributed by atoms with Gasteiger partial charge in [-0.15, -0.1) is 0 Å². The first kappa shape index (κ1) is 27.5. The smallest absolute Gasteiger partial charge is 0.287 e. The molecule has 0 aliphatic carbocycles. The van der Waals surface area contributed by atoms with E-state index in [0.717, 1.165) is 16.1 Å². The second-order valence-corrected chi connectivity index (χ2v) is 10.9. The highest BCUT2D eigenvalue weighted by Crippen LogP contribution is 2.37. The molecule has 0 radical (unpaired) electrons. The zero-order valence-electron chi connectivity index (χ0n) is 21.5. The zero-order valence-corrected chi connectivity index (χ0v) is 25.3. The molecule has 0 saturated carbocycles. The van der Waals surface area contributed by atoms with Crippen molar-refractivity contribution in [2.45, 2.75) is 0 Å². The number of fused-ring (bicyclic) bond motifs is 2. The monoisotopic (exact) mass is 737 g/mol. The SMILES string of the molecule is COc1cc(C=Nn2c(-c3cc4cc(Br)ccc4o3)nc3ccccc3c2=O)cc(I)c1Oc1ccc([N+](=O)[O-])cn1. The Hall–Kier alpha value is -4.63. The number of halogens is 2. The lowest BCUT2D eigenvalue weighted by molar-refractivity contribution is -0.385. The van der Waals surface area contributed by atoms with Gasteiger partial charge in [-0.05, 0) is 76.7 Å². The molecule has 0 unspecified atom stereocenters. The Morgan fingerprint density at radius 1 is 1.12 bits per heavy atom. The summed E-state index contributed by atoms with van der Waals surface area (Å²) in [7, 11) is 1.48. The van der Waals surface area contributed by atoms with Crippen molar-refractivity contribution < 1.29 is 18.8 Å². The van der Waals surface area contributed by atoms with E-state index in [-0.39, 0.29) is 23.0 Å². The summed E-state index contributed by atoms with van der Waals surface area (Å²) in [6.07, 6.45) is 2.63. The molecule has 0 N–H and O–H groups in total. The molecule has 3 aromatic carbocycles. The van der Waals surface area contributed by atoms with Crippen LogP contribution in [0.5, 0.6) is 17.4 Å². The lowest BCUT2D eigenvalue weighted by Crippen LogP contribution is -2.20. The first-order valence-corrected chi connectivity index (χ1v) is 14.1. The van der Waals surface area contributed by atoms with E-state index in [2.05, 4.69) is 48.6 Å². The van der Waals surface area contributed by atoms with E-state index in [9.17, 15) is 14.9 Å². The van der Waals surface area contributed by atoms with Crippen LogP contribution in [0.2, 0.25) is 0 Å². The van der Waals surface area contributed by atoms with Gasteiger partial charge in [-0.25, -0.2) is 9.97 Å². The Balaban J connectivity index is 1.41. The third kappa shape index (κ3) is 5.35. The fraction of sp³-hybridized carbons (Fsp3) is 0.0345. The van der Waals surface area contributed by atoms with Gasteiger partial charge in [0.2, 0.25) is 11.7 Å². The van der Waals surface area contributed by atoms with Crippen molar-refractivity contribution in [1.29, 1.82) is 0 Å². The molecule has 13 heteroatoms. The lowest BCUT2D eigenvalue weighted by Gasteiger charge is -2.12. The molecule has 0 aliphatic heterocycles. The van der Waals surface area contributed by atoms with Gasteiger partial charge in [0.15, 0.2) is 17.3 Å². The standard InChI is InChI=1S/C29H17BrIN5O6/c1-40-24-11-16(10-21(31)27(24)42-26-9-7-19(15-32-26)36(38)39)14-33-35-28(34-22-5-3-2-4-20(22)29(35)37)25-13-17-12-18(30)6-8-23(17)41-25/h2-15H,1H3. The second kappa shape index (κ2) is 11.3. The topological polar surface area (TPSA) is 135 Å². The van der Waals surface area contributed by atoms with E-state index in [1.54, 1.807) is 30.3 Å². The Morgan fingerprint density at radius 2 is 1.95 bits per heavy atom. The van der Waals surface area contributed by atoms with Gasteiger partial charge in [-0.3, -0.25) is 14.9 Å². The molecule has 0 bridgehead atoms. The van der Waals surface area contributed by atoms with E-state index in [1.807, 2.05) is 30.3 Å². The van der Waals surface area contributed by atoms with Crippen molar-refractivity contribution in [3.05, 3.63) is 113 Å². The van der Waals surface area contributed by atoms with Crippen LogP contribution in [-0.2, 0) is 0 Å². The molecule has 0 spiro atoms. The average molecular weight is 738 g/mol. The summed E-state index contributed by atoms with van der Waals surface area (Å²) in [5.41, 5.74) is 1.26. The number of rotatable bonds is 7. The minimum atomic E-state index is -0.537. The third-order valence-corrected chi connectivity index (χ3v) is 7.46. The Morgan fingerprint density at radius 3 is 2.71 bits per heavy atom. The van der Waals surface area contributed by atoms with Gasteiger partial charge in [0.1, 0.15) is 11.8 Å². The number of para-hydroxylation sites is 1. The number of nitro groups is 1. The predicted molar refractivity (Wildman–Crippen MR) is 169 cm³/mol. The van der Waals surface area contributed by atoms with Crippen LogP contribution in [0.4, 0.5) is 5.69 Å². The molecule has 0 aliphatic rings. The van der Waals surface area contributed by atoms with E-state index in [1.165, 1.54) is 30.1 Å². The minimum Gasteiger partial charge on any atom is -0.493 e. The van der Waals surface area contributed by atoms with Gasteiger partial charge < -0.3 is 13.9 Å². The van der Waals surface area contributed by atoms with Crippen molar-refractivity contribution in [2.24, 2.45) is 5.10 Å². The molecule has 3 heterocycles. The zero-order chi connectivity index (χ0) is 29.4. The minimum absolute atomic E-state index is 0.149. The van der Waals surface area contributed by atoms with E-state index >= 15 is 0 Å². The van der Waals surface area contributed by atoms with Crippen molar-refractivity contribution in [1.82, 2.24) is 14.6 Å². The largest absolute Gasteiger partial charge is 0.493 e. The Kier molecular flexibility index (Phi) is 7.43. The normalized spacial score (nSPS) is 11.4. The van der Waals surface area contributed by atoms with E-state index < -0.39 is 4.92 Å². The van der Waals surface area contributed by atoms with Gasteiger partial charge in [0.05, 0.1) is 32.7 Å². The fourth-order valence-electron chi connectivity index (χ4n) is 4.20. The molecule has 0 fully saturated rings. The van der Waals surface area contributed by atoms with Gasteiger partial charge in [0.25, 0.3) is 11.2 Å². The molecule has 6 rings (SSSR count). The summed E-state index contributed by atoms with van der Waals surface area (Å²) in [5.74, 6) is 1.53. The first-order valence-electron chi connectivity index (χ1n) is 12.2. The summed E-state index contributed by atoms with van der Waals surface area (Å²) in [6, 6.07) is 20.6. The van der Waals surface area contributed by atoms with Crippen LogP contribution < -0.4 is 15.0 Å². The highest BCUT2D eigenvalue weighted by atomic mass is 127. The highest BCUT2D eigenvalue weighted by Gasteiger charge is 2.18. The van der Waals surface area contributed by atoms with Crippen LogP contribution >= 0.6 is 38.5 Å². The van der Waals surface area contributed by atoms with Crippen molar-refractivity contribution in [3.63, 3.8) is 0 Å². The van der Waals surface area contributed by atoms with Gasteiger partial charge in [-0.2, -0.15) is 9.78 Å². The maximum Gasteiger partial charge on any atom is 0.287 e. The number of hydrogen-bond donors (Lipinski definition) is 0. The Labute approximate surface area is 258 Å². The molecule has 0 saturated heterocycles. The third-order valence-electron chi connectivity index (χ3n) is 6.16. The van der Waals surface area contributed by atoms with Gasteiger partial charge in [0, 0.05) is 22.0 Å². The molecule has 6 aromatic rings. The summed E-state index contributed by atoms with van der Waals surface area (Å²) >= 11 is 5.55. The van der Waals surface area contributed by atoms with Crippen molar-refractivity contribution in [2.75, 3.05) is 7.11 Å². The quantitative estimate of drug-likeness (QED) is 0.0729. The van der Waals surface area contributed by atoms with Crippen molar-refractivity contribution >= 4 is 72.3 Å². The lowest BCUT2D eigenvalue weighted by atomic mass is 10.2. The summed E-state index contributed by atoms with van der Waals surface area (Å²) < 4.78 is 20.2. The average Bonchev–Trinajstić information content (AvgIpc) is 3.41.